The molecule has 18 heavy (non-hydrogen) atoms. The third-order valence-electron chi connectivity index (χ3n) is 3.03. The highest BCUT2D eigenvalue weighted by atomic mass is 79.9. The summed E-state index contributed by atoms with van der Waals surface area (Å²) in [4.78, 5) is 0. The molecule has 1 aromatic carbocycles. The Labute approximate surface area is 119 Å². The SMILES string of the molecule is CCCNCC(CC)CCOc1cccc(Br)c1. The molecule has 0 amide bonds. The Balaban J connectivity index is 2.22. The zero-order valence-corrected chi connectivity index (χ0v) is 13.0. The Kier molecular flexibility index (Phi) is 8.10. The van der Waals surface area contributed by atoms with Crippen molar-refractivity contribution in [3.05, 3.63) is 28.7 Å². The van der Waals surface area contributed by atoms with E-state index in [0.29, 0.717) is 5.92 Å². The molecule has 0 aliphatic rings. The zero-order valence-electron chi connectivity index (χ0n) is 11.4. The Morgan fingerprint density at radius 2 is 2.17 bits per heavy atom. The Morgan fingerprint density at radius 3 is 2.83 bits per heavy atom. The molecule has 0 saturated heterocycles. The monoisotopic (exact) mass is 313 g/mol. The summed E-state index contributed by atoms with van der Waals surface area (Å²) in [5, 5.41) is 3.48. The standard InChI is InChI=1S/C15H24BrNO/c1-3-9-17-12-13(4-2)8-10-18-15-7-5-6-14(16)11-15/h5-7,11,13,17H,3-4,8-10,12H2,1-2H3. The molecule has 0 bridgehead atoms. The van der Waals surface area contributed by atoms with E-state index in [4.69, 9.17) is 4.74 Å². The molecule has 0 aliphatic carbocycles. The van der Waals surface area contributed by atoms with Gasteiger partial charge >= 0.3 is 0 Å². The van der Waals surface area contributed by atoms with Crippen LogP contribution in [0.3, 0.4) is 0 Å². The minimum Gasteiger partial charge on any atom is -0.494 e. The van der Waals surface area contributed by atoms with Gasteiger partial charge in [-0.15, -0.1) is 0 Å². The highest BCUT2D eigenvalue weighted by Gasteiger charge is 2.06. The van der Waals surface area contributed by atoms with Crippen LogP contribution in [-0.4, -0.2) is 19.7 Å². The van der Waals surface area contributed by atoms with Gasteiger partial charge in [-0.3, -0.25) is 0 Å². The fourth-order valence-electron chi connectivity index (χ4n) is 1.83. The fourth-order valence-corrected chi connectivity index (χ4v) is 2.21. The van der Waals surface area contributed by atoms with Crippen LogP contribution < -0.4 is 10.1 Å². The molecule has 0 fully saturated rings. The Bertz CT molecular complexity index is 330. The van der Waals surface area contributed by atoms with Crippen molar-refractivity contribution in [1.82, 2.24) is 5.32 Å². The van der Waals surface area contributed by atoms with Crippen LogP contribution in [0, 0.1) is 5.92 Å². The van der Waals surface area contributed by atoms with E-state index >= 15 is 0 Å². The molecule has 0 aliphatic heterocycles. The highest BCUT2D eigenvalue weighted by molar-refractivity contribution is 9.10. The van der Waals surface area contributed by atoms with Gasteiger partial charge in [0.2, 0.25) is 0 Å². The normalized spacial score (nSPS) is 12.4. The van der Waals surface area contributed by atoms with Crippen LogP contribution in [-0.2, 0) is 0 Å². The summed E-state index contributed by atoms with van der Waals surface area (Å²) >= 11 is 3.45. The van der Waals surface area contributed by atoms with E-state index < -0.39 is 0 Å². The van der Waals surface area contributed by atoms with Gasteiger partial charge in [0.1, 0.15) is 5.75 Å². The molecule has 0 spiro atoms. The van der Waals surface area contributed by atoms with Crippen molar-refractivity contribution in [2.45, 2.75) is 33.1 Å². The number of halogens is 1. The van der Waals surface area contributed by atoms with Crippen LogP contribution >= 0.6 is 15.9 Å². The molecule has 0 saturated carbocycles. The molecule has 2 nitrogen and oxygen atoms in total. The zero-order chi connectivity index (χ0) is 13.2. The number of hydrogen-bond donors (Lipinski definition) is 1. The van der Waals surface area contributed by atoms with E-state index in [0.717, 1.165) is 36.3 Å². The van der Waals surface area contributed by atoms with E-state index in [-0.39, 0.29) is 0 Å². The Morgan fingerprint density at radius 1 is 1.33 bits per heavy atom. The van der Waals surface area contributed by atoms with Gasteiger partial charge in [0.05, 0.1) is 6.61 Å². The molecule has 0 aromatic heterocycles. The molecule has 1 unspecified atom stereocenters. The molecule has 0 heterocycles. The average Bonchev–Trinajstić information content (AvgIpc) is 2.37. The van der Waals surface area contributed by atoms with Gasteiger partial charge in [-0.2, -0.15) is 0 Å². The first-order valence-electron chi connectivity index (χ1n) is 6.85. The third-order valence-corrected chi connectivity index (χ3v) is 3.52. The van der Waals surface area contributed by atoms with Gasteiger partial charge in [0.15, 0.2) is 0 Å². The Hall–Kier alpha value is -0.540. The van der Waals surface area contributed by atoms with Crippen molar-refractivity contribution in [3.8, 4) is 5.75 Å². The lowest BCUT2D eigenvalue weighted by molar-refractivity contribution is 0.271. The maximum Gasteiger partial charge on any atom is 0.120 e. The van der Waals surface area contributed by atoms with E-state index in [1.165, 1.54) is 12.8 Å². The van der Waals surface area contributed by atoms with Crippen LogP contribution in [0.25, 0.3) is 0 Å². The molecule has 102 valence electrons. The minimum atomic E-state index is 0.712. The second kappa shape index (κ2) is 9.40. The fraction of sp³-hybridized carbons (Fsp3) is 0.600. The number of benzene rings is 1. The minimum absolute atomic E-state index is 0.712. The number of rotatable bonds is 9. The van der Waals surface area contributed by atoms with Crippen LogP contribution in [0.1, 0.15) is 33.1 Å². The predicted molar refractivity (Wildman–Crippen MR) is 81.2 cm³/mol. The molecule has 1 atom stereocenters. The smallest absolute Gasteiger partial charge is 0.120 e. The van der Waals surface area contributed by atoms with Crippen molar-refractivity contribution in [2.75, 3.05) is 19.7 Å². The molecule has 0 radical (unpaired) electrons. The second-order valence-electron chi connectivity index (χ2n) is 4.57. The predicted octanol–water partition coefficient (Wildman–Crippen LogP) is 4.24. The number of ether oxygens (including phenoxy) is 1. The summed E-state index contributed by atoms with van der Waals surface area (Å²) in [6.07, 6.45) is 3.52. The largest absolute Gasteiger partial charge is 0.494 e. The van der Waals surface area contributed by atoms with Gasteiger partial charge in [-0.1, -0.05) is 42.3 Å². The lowest BCUT2D eigenvalue weighted by Gasteiger charge is -2.16. The summed E-state index contributed by atoms with van der Waals surface area (Å²) < 4.78 is 6.83. The van der Waals surface area contributed by atoms with Crippen molar-refractivity contribution in [3.63, 3.8) is 0 Å². The molecule has 1 N–H and O–H groups in total. The first-order valence-corrected chi connectivity index (χ1v) is 7.64. The maximum absolute atomic E-state index is 5.77. The van der Waals surface area contributed by atoms with Gasteiger partial charge in [0, 0.05) is 4.47 Å². The van der Waals surface area contributed by atoms with Gasteiger partial charge in [0.25, 0.3) is 0 Å². The van der Waals surface area contributed by atoms with Crippen molar-refractivity contribution in [2.24, 2.45) is 5.92 Å². The van der Waals surface area contributed by atoms with Crippen LogP contribution in [0.2, 0.25) is 0 Å². The summed E-state index contributed by atoms with van der Waals surface area (Å²) in [6.45, 7) is 7.46. The topological polar surface area (TPSA) is 21.3 Å². The summed E-state index contributed by atoms with van der Waals surface area (Å²) in [5.41, 5.74) is 0. The molecule has 1 rings (SSSR count). The molecular formula is C15H24BrNO. The quantitative estimate of drug-likeness (QED) is 0.688. The van der Waals surface area contributed by atoms with E-state index in [2.05, 4.69) is 35.1 Å². The van der Waals surface area contributed by atoms with Gasteiger partial charge in [-0.25, -0.2) is 0 Å². The van der Waals surface area contributed by atoms with Crippen molar-refractivity contribution < 1.29 is 4.74 Å². The lowest BCUT2D eigenvalue weighted by Crippen LogP contribution is -2.24. The van der Waals surface area contributed by atoms with Crippen molar-refractivity contribution >= 4 is 15.9 Å². The first-order chi connectivity index (χ1) is 8.76. The average molecular weight is 314 g/mol. The number of nitrogens with one attached hydrogen (secondary N) is 1. The number of hydrogen-bond acceptors (Lipinski definition) is 2. The van der Waals surface area contributed by atoms with Crippen molar-refractivity contribution in [1.29, 1.82) is 0 Å². The van der Waals surface area contributed by atoms with Crippen LogP contribution in [0.5, 0.6) is 5.75 Å². The van der Waals surface area contributed by atoms with Gasteiger partial charge in [-0.05, 0) is 50.0 Å². The van der Waals surface area contributed by atoms with Gasteiger partial charge < -0.3 is 10.1 Å². The van der Waals surface area contributed by atoms with E-state index in [9.17, 15) is 0 Å². The van der Waals surface area contributed by atoms with Crippen LogP contribution in [0.15, 0.2) is 28.7 Å². The molecule has 1 aromatic rings. The lowest BCUT2D eigenvalue weighted by atomic mass is 10.0. The van der Waals surface area contributed by atoms with E-state index in [1.54, 1.807) is 0 Å². The highest BCUT2D eigenvalue weighted by Crippen LogP contribution is 2.18. The third kappa shape index (κ3) is 6.41. The second-order valence-corrected chi connectivity index (χ2v) is 5.49. The summed E-state index contributed by atoms with van der Waals surface area (Å²) in [5.74, 6) is 1.66. The summed E-state index contributed by atoms with van der Waals surface area (Å²) in [7, 11) is 0. The maximum atomic E-state index is 5.77. The summed E-state index contributed by atoms with van der Waals surface area (Å²) in [6, 6.07) is 8.02. The van der Waals surface area contributed by atoms with E-state index in [1.807, 2.05) is 24.3 Å². The molecular weight excluding hydrogens is 290 g/mol. The molecule has 3 heteroatoms. The van der Waals surface area contributed by atoms with Crippen LogP contribution in [0.4, 0.5) is 0 Å². The first kappa shape index (κ1) is 15.5.